The molecule has 0 saturated carbocycles. The molecule has 0 saturated heterocycles. The zero-order valence-corrected chi connectivity index (χ0v) is 14.0. The van der Waals surface area contributed by atoms with Gasteiger partial charge in [0.15, 0.2) is 17.5 Å². The predicted octanol–water partition coefficient (Wildman–Crippen LogP) is 3.96. The summed E-state index contributed by atoms with van der Waals surface area (Å²) in [5.41, 5.74) is 1.12. The molecule has 25 heavy (non-hydrogen) atoms. The normalized spacial score (nSPS) is 11.0. The van der Waals surface area contributed by atoms with Crippen LogP contribution in [0, 0.1) is 17.5 Å². The van der Waals surface area contributed by atoms with Gasteiger partial charge >= 0.3 is 0 Å². The van der Waals surface area contributed by atoms with Gasteiger partial charge in [0.1, 0.15) is 12.4 Å². The zero-order chi connectivity index (χ0) is 18.0. The summed E-state index contributed by atoms with van der Waals surface area (Å²) in [7, 11) is 0. The molecule has 1 N–H and O–H groups in total. The maximum absolute atomic E-state index is 13.7. The average Bonchev–Trinajstić information content (AvgIpc) is 2.93. The van der Waals surface area contributed by atoms with Gasteiger partial charge in [-0.15, -0.1) is 0 Å². The molecule has 1 heterocycles. The number of hydrogen-bond donors (Lipinski definition) is 1. The summed E-state index contributed by atoms with van der Waals surface area (Å²) in [6, 6.07) is 9.09. The van der Waals surface area contributed by atoms with Crippen molar-refractivity contribution >= 4 is 34.4 Å². The van der Waals surface area contributed by atoms with E-state index in [0.29, 0.717) is 11.6 Å². The van der Waals surface area contributed by atoms with Gasteiger partial charge in [-0.2, -0.15) is 11.8 Å². The number of para-hydroxylation sites is 2. The van der Waals surface area contributed by atoms with E-state index in [-0.39, 0.29) is 6.54 Å². The van der Waals surface area contributed by atoms with Crippen molar-refractivity contribution in [3.8, 4) is 0 Å². The highest BCUT2D eigenvalue weighted by molar-refractivity contribution is 7.97. The van der Waals surface area contributed by atoms with Gasteiger partial charge in [-0.25, -0.2) is 18.2 Å². The highest BCUT2D eigenvalue weighted by Gasteiger charge is 2.17. The van der Waals surface area contributed by atoms with Gasteiger partial charge in [0, 0.05) is 0 Å². The minimum Gasteiger partial charge on any atom is -0.322 e. The van der Waals surface area contributed by atoms with E-state index in [0.717, 1.165) is 23.2 Å². The molecule has 130 valence electrons. The van der Waals surface area contributed by atoms with Crippen molar-refractivity contribution in [2.45, 2.75) is 12.3 Å². The molecule has 3 aromatic rings. The van der Waals surface area contributed by atoms with Crippen LogP contribution in [0.3, 0.4) is 0 Å². The number of thioether (sulfide) groups is 1. The van der Waals surface area contributed by atoms with E-state index in [9.17, 15) is 18.0 Å². The Bertz CT molecular complexity index is 942. The fourth-order valence-electron chi connectivity index (χ4n) is 2.50. The lowest BCUT2D eigenvalue weighted by molar-refractivity contribution is -0.116. The number of hydrogen-bond acceptors (Lipinski definition) is 3. The second-order valence-electron chi connectivity index (χ2n) is 5.31. The lowest BCUT2D eigenvalue weighted by atomic mass is 10.2. The predicted molar refractivity (Wildman–Crippen MR) is 91.9 cm³/mol. The average molecular weight is 365 g/mol. The van der Waals surface area contributed by atoms with Crippen LogP contribution >= 0.6 is 11.8 Å². The number of amides is 1. The standard InChI is InChI=1S/C17H14F3N3OS/c1-25-9-14-21-11-4-2-3-5-13(11)23(14)8-15(24)22-12-7-6-10(18)16(19)17(12)20/h2-7H,8-9H2,1H3,(H,22,24). The van der Waals surface area contributed by atoms with Gasteiger partial charge in [0.2, 0.25) is 5.91 Å². The highest BCUT2D eigenvalue weighted by atomic mass is 32.2. The first-order chi connectivity index (χ1) is 12.0. The van der Waals surface area contributed by atoms with Crippen LogP contribution in [-0.2, 0) is 17.1 Å². The zero-order valence-electron chi connectivity index (χ0n) is 13.2. The minimum absolute atomic E-state index is 0.116. The molecule has 0 aliphatic rings. The number of nitrogens with one attached hydrogen (secondary N) is 1. The third-order valence-electron chi connectivity index (χ3n) is 3.62. The number of imidazole rings is 1. The number of fused-ring (bicyclic) bond motifs is 1. The van der Waals surface area contributed by atoms with Crippen LogP contribution < -0.4 is 5.32 Å². The van der Waals surface area contributed by atoms with E-state index in [4.69, 9.17) is 0 Å². The molecule has 0 aliphatic carbocycles. The fraction of sp³-hybridized carbons (Fsp3) is 0.176. The summed E-state index contributed by atoms with van der Waals surface area (Å²) < 4.78 is 41.7. The third kappa shape index (κ3) is 3.48. The van der Waals surface area contributed by atoms with Crippen LogP contribution in [0.5, 0.6) is 0 Å². The molecule has 3 rings (SSSR count). The number of halogens is 3. The Morgan fingerprint density at radius 1 is 1.16 bits per heavy atom. The summed E-state index contributed by atoms with van der Waals surface area (Å²) in [5, 5.41) is 2.27. The maximum Gasteiger partial charge on any atom is 0.244 e. The summed E-state index contributed by atoms with van der Waals surface area (Å²) in [4.78, 5) is 16.8. The number of carbonyl (C=O) groups excluding carboxylic acids is 1. The number of benzene rings is 2. The van der Waals surface area contributed by atoms with Gasteiger partial charge < -0.3 is 9.88 Å². The van der Waals surface area contributed by atoms with E-state index in [1.807, 2.05) is 30.5 Å². The van der Waals surface area contributed by atoms with Gasteiger partial charge in [-0.05, 0) is 30.5 Å². The van der Waals surface area contributed by atoms with Gasteiger partial charge in [0.25, 0.3) is 0 Å². The van der Waals surface area contributed by atoms with Crippen molar-refractivity contribution in [1.29, 1.82) is 0 Å². The Morgan fingerprint density at radius 3 is 2.68 bits per heavy atom. The molecule has 0 spiro atoms. The molecule has 2 aromatic carbocycles. The second kappa shape index (κ2) is 7.18. The van der Waals surface area contributed by atoms with E-state index < -0.39 is 29.0 Å². The Morgan fingerprint density at radius 2 is 1.92 bits per heavy atom. The largest absolute Gasteiger partial charge is 0.322 e. The lowest BCUT2D eigenvalue weighted by Crippen LogP contribution is -2.21. The second-order valence-corrected chi connectivity index (χ2v) is 6.17. The number of carbonyl (C=O) groups is 1. The minimum atomic E-state index is -1.62. The van der Waals surface area contributed by atoms with Crippen molar-refractivity contribution < 1.29 is 18.0 Å². The Hall–Kier alpha value is -2.48. The van der Waals surface area contributed by atoms with E-state index in [1.165, 1.54) is 0 Å². The Balaban J connectivity index is 1.87. The first-order valence-electron chi connectivity index (χ1n) is 7.37. The summed E-state index contributed by atoms with van der Waals surface area (Å²) in [6.07, 6.45) is 1.92. The van der Waals surface area contributed by atoms with Crippen molar-refractivity contribution in [2.24, 2.45) is 0 Å². The highest BCUT2D eigenvalue weighted by Crippen LogP contribution is 2.21. The third-order valence-corrected chi connectivity index (χ3v) is 4.16. The van der Waals surface area contributed by atoms with Crippen LogP contribution in [0.4, 0.5) is 18.9 Å². The SMILES string of the molecule is CSCc1nc2ccccc2n1CC(=O)Nc1ccc(F)c(F)c1F. The Kier molecular flexibility index (Phi) is 4.98. The van der Waals surface area contributed by atoms with Crippen LogP contribution in [0.15, 0.2) is 36.4 Å². The Labute approximate surface area is 146 Å². The van der Waals surface area contributed by atoms with E-state index >= 15 is 0 Å². The molecule has 0 bridgehead atoms. The maximum atomic E-state index is 13.7. The molecule has 0 atom stereocenters. The molecule has 0 radical (unpaired) electrons. The quantitative estimate of drug-likeness (QED) is 0.697. The molecular weight excluding hydrogens is 351 g/mol. The van der Waals surface area contributed by atoms with Gasteiger partial charge in [-0.1, -0.05) is 12.1 Å². The number of rotatable bonds is 5. The van der Waals surface area contributed by atoms with Crippen LogP contribution in [0.2, 0.25) is 0 Å². The topological polar surface area (TPSA) is 46.9 Å². The molecule has 8 heteroatoms. The van der Waals surface area contributed by atoms with Gasteiger partial charge in [0.05, 0.1) is 22.5 Å². The fourth-order valence-corrected chi connectivity index (χ4v) is 2.98. The van der Waals surface area contributed by atoms with Crippen molar-refractivity contribution in [3.63, 3.8) is 0 Å². The molecule has 1 amide bonds. The number of aromatic nitrogens is 2. The lowest BCUT2D eigenvalue weighted by Gasteiger charge is -2.10. The van der Waals surface area contributed by atoms with Crippen LogP contribution in [0.25, 0.3) is 11.0 Å². The van der Waals surface area contributed by atoms with E-state index in [1.54, 1.807) is 16.3 Å². The van der Waals surface area contributed by atoms with Crippen molar-refractivity contribution in [3.05, 3.63) is 59.7 Å². The molecule has 1 aromatic heterocycles. The van der Waals surface area contributed by atoms with Crippen LogP contribution in [0.1, 0.15) is 5.82 Å². The van der Waals surface area contributed by atoms with Crippen LogP contribution in [-0.4, -0.2) is 21.7 Å². The monoisotopic (exact) mass is 365 g/mol. The van der Waals surface area contributed by atoms with E-state index in [2.05, 4.69) is 10.3 Å². The summed E-state index contributed by atoms with van der Waals surface area (Å²) in [6.45, 7) is -0.116. The summed E-state index contributed by atoms with van der Waals surface area (Å²) in [5.74, 6) is -3.60. The van der Waals surface area contributed by atoms with Crippen molar-refractivity contribution in [2.75, 3.05) is 11.6 Å². The molecule has 0 fully saturated rings. The molecular formula is C17H14F3N3OS. The molecule has 0 unspecified atom stereocenters. The first kappa shape index (κ1) is 17.3. The van der Waals surface area contributed by atoms with Crippen molar-refractivity contribution in [1.82, 2.24) is 9.55 Å². The number of anilines is 1. The summed E-state index contributed by atoms with van der Waals surface area (Å²) >= 11 is 1.55. The first-order valence-corrected chi connectivity index (χ1v) is 8.77. The van der Waals surface area contributed by atoms with Gasteiger partial charge in [-0.3, -0.25) is 4.79 Å². The smallest absolute Gasteiger partial charge is 0.244 e. The molecule has 0 aliphatic heterocycles. The number of nitrogens with zero attached hydrogens (tertiary/aromatic N) is 2. The molecule has 4 nitrogen and oxygen atoms in total.